The number of piperidine rings is 1. The van der Waals surface area contributed by atoms with Gasteiger partial charge in [0, 0.05) is 24.8 Å². The highest BCUT2D eigenvalue weighted by atomic mass is 35.5. The van der Waals surface area contributed by atoms with Crippen molar-refractivity contribution in [2.45, 2.75) is 44.7 Å². The van der Waals surface area contributed by atoms with Crippen molar-refractivity contribution in [3.05, 3.63) is 30.3 Å². The summed E-state index contributed by atoms with van der Waals surface area (Å²) in [5.41, 5.74) is 6.61. The van der Waals surface area contributed by atoms with Gasteiger partial charge >= 0.3 is 6.03 Å². The number of nitrogens with two attached hydrogens (primary N) is 1. The van der Waals surface area contributed by atoms with Crippen LogP contribution in [-0.2, 0) is 4.79 Å². The summed E-state index contributed by atoms with van der Waals surface area (Å²) in [6.45, 7) is 3.27. The van der Waals surface area contributed by atoms with E-state index in [1.54, 1.807) is 4.90 Å². The van der Waals surface area contributed by atoms with Gasteiger partial charge in [-0.25, -0.2) is 4.79 Å². The molecule has 0 aromatic heterocycles. The van der Waals surface area contributed by atoms with Crippen molar-refractivity contribution >= 4 is 30.0 Å². The van der Waals surface area contributed by atoms with Gasteiger partial charge in [0.05, 0.1) is 6.04 Å². The first-order chi connectivity index (χ1) is 11.1. The van der Waals surface area contributed by atoms with Crippen LogP contribution in [0.5, 0.6) is 0 Å². The largest absolute Gasteiger partial charge is 0.352 e. The molecular formula is C17H27ClN4O2. The molecule has 1 saturated heterocycles. The van der Waals surface area contributed by atoms with Crippen LogP contribution in [0.4, 0.5) is 10.5 Å². The molecule has 0 bridgehead atoms. The normalized spacial score (nSPS) is 16.0. The van der Waals surface area contributed by atoms with Gasteiger partial charge < -0.3 is 21.3 Å². The molecule has 0 aliphatic carbocycles. The average Bonchev–Trinajstić information content (AvgIpc) is 2.56. The fraction of sp³-hybridized carbons (Fsp3) is 0.529. The first-order valence-electron chi connectivity index (χ1n) is 8.27. The maximum absolute atomic E-state index is 12.2. The topological polar surface area (TPSA) is 87.5 Å². The van der Waals surface area contributed by atoms with Gasteiger partial charge in [-0.05, 0) is 31.4 Å². The Morgan fingerprint density at radius 1 is 1.25 bits per heavy atom. The Morgan fingerprint density at radius 2 is 1.88 bits per heavy atom. The van der Waals surface area contributed by atoms with Gasteiger partial charge in [-0.2, -0.15) is 0 Å². The van der Waals surface area contributed by atoms with Crippen LogP contribution in [0.25, 0.3) is 0 Å². The van der Waals surface area contributed by atoms with Crippen LogP contribution in [0.1, 0.15) is 32.6 Å². The number of hydrogen-bond donors (Lipinski definition) is 3. The molecule has 1 fully saturated rings. The molecule has 24 heavy (non-hydrogen) atoms. The molecule has 1 heterocycles. The summed E-state index contributed by atoms with van der Waals surface area (Å²) < 4.78 is 0. The lowest BCUT2D eigenvalue weighted by atomic mass is 10.0. The number of urea groups is 1. The molecule has 134 valence electrons. The fourth-order valence-electron chi connectivity index (χ4n) is 2.70. The van der Waals surface area contributed by atoms with E-state index in [-0.39, 0.29) is 30.4 Å². The Balaban J connectivity index is 0.00000288. The second-order valence-corrected chi connectivity index (χ2v) is 5.96. The van der Waals surface area contributed by atoms with E-state index in [1.807, 2.05) is 37.3 Å². The van der Waals surface area contributed by atoms with Crippen molar-refractivity contribution in [3.63, 3.8) is 0 Å². The molecule has 6 nitrogen and oxygen atoms in total. The SMILES string of the molecule is CCCC(N)C(=O)NC1CCN(C(=O)Nc2ccccc2)CC1.Cl. The first-order valence-corrected chi connectivity index (χ1v) is 8.27. The molecule has 4 N–H and O–H groups in total. The molecule has 7 heteroatoms. The molecule has 0 spiro atoms. The summed E-state index contributed by atoms with van der Waals surface area (Å²) in [6, 6.07) is 8.98. The van der Waals surface area contributed by atoms with E-state index in [4.69, 9.17) is 5.73 Å². The van der Waals surface area contributed by atoms with Crippen LogP contribution in [0.15, 0.2) is 30.3 Å². The summed E-state index contributed by atoms with van der Waals surface area (Å²) in [5.74, 6) is -0.0842. The Labute approximate surface area is 149 Å². The highest BCUT2D eigenvalue weighted by Gasteiger charge is 2.25. The Hall–Kier alpha value is -1.79. The lowest BCUT2D eigenvalue weighted by molar-refractivity contribution is -0.123. The van der Waals surface area contributed by atoms with Crippen LogP contribution in [0.3, 0.4) is 0 Å². The fourth-order valence-corrected chi connectivity index (χ4v) is 2.70. The predicted octanol–water partition coefficient (Wildman–Crippen LogP) is 2.35. The maximum atomic E-state index is 12.2. The number of amides is 3. The zero-order chi connectivity index (χ0) is 16.7. The standard InChI is InChI=1S/C17H26N4O2.ClH/c1-2-6-15(18)16(22)19-14-9-11-21(12-10-14)17(23)20-13-7-4-3-5-8-13;/h3-5,7-8,14-15H,2,6,9-12,18H2,1H3,(H,19,22)(H,20,23);1H. The molecule has 2 rings (SSSR count). The second-order valence-electron chi connectivity index (χ2n) is 5.96. The van der Waals surface area contributed by atoms with Crippen LogP contribution in [0.2, 0.25) is 0 Å². The van der Waals surface area contributed by atoms with Crippen molar-refractivity contribution < 1.29 is 9.59 Å². The number of benzene rings is 1. The number of likely N-dealkylation sites (tertiary alicyclic amines) is 1. The van der Waals surface area contributed by atoms with Crippen molar-refractivity contribution in [1.82, 2.24) is 10.2 Å². The minimum absolute atomic E-state index is 0. The number of carbonyl (C=O) groups is 2. The van der Waals surface area contributed by atoms with E-state index >= 15 is 0 Å². The summed E-state index contributed by atoms with van der Waals surface area (Å²) >= 11 is 0. The minimum atomic E-state index is -0.431. The van der Waals surface area contributed by atoms with E-state index in [0.717, 1.165) is 24.9 Å². The molecular weight excluding hydrogens is 328 g/mol. The molecule has 0 radical (unpaired) electrons. The van der Waals surface area contributed by atoms with Crippen LogP contribution < -0.4 is 16.4 Å². The second kappa shape index (κ2) is 10.2. The van der Waals surface area contributed by atoms with Crippen LogP contribution in [-0.4, -0.2) is 42.0 Å². The van der Waals surface area contributed by atoms with Gasteiger partial charge in [-0.15, -0.1) is 12.4 Å². The molecule has 1 atom stereocenters. The van der Waals surface area contributed by atoms with Gasteiger partial charge in [0.15, 0.2) is 0 Å². The predicted molar refractivity (Wildman–Crippen MR) is 98.3 cm³/mol. The van der Waals surface area contributed by atoms with Crippen molar-refractivity contribution in [3.8, 4) is 0 Å². The summed E-state index contributed by atoms with van der Waals surface area (Å²) in [5, 5.41) is 5.87. The summed E-state index contributed by atoms with van der Waals surface area (Å²) in [4.78, 5) is 25.9. The average molecular weight is 355 g/mol. The summed E-state index contributed by atoms with van der Waals surface area (Å²) in [7, 11) is 0. The third-order valence-corrected chi connectivity index (χ3v) is 4.09. The molecule has 1 aliphatic heterocycles. The molecule has 1 aromatic carbocycles. The lowest BCUT2D eigenvalue weighted by Gasteiger charge is -2.32. The maximum Gasteiger partial charge on any atom is 0.321 e. The quantitative estimate of drug-likeness (QED) is 0.758. The Bertz CT molecular complexity index is 519. The summed E-state index contributed by atoms with van der Waals surface area (Å²) in [6.07, 6.45) is 3.11. The van der Waals surface area contributed by atoms with E-state index in [2.05, 4.69) is 10.6 Å². The number of nitrogens with one attached hydrogen (secondary N) is 2. The smallest absolute Gasteiger partial charge is 0.321 e. The van der Waals surface area contributed by atoms with Gasteiger partial charge in [-0.1, -0.05) is 31.5 Å². The first kappa shape index (κ1) is 20.3. The molecule has 1 aliphatic rings. The van der Waals surface area contributed by atoms with Gasteiger partial charge in [0.25, 0.3) is 0 Å². The third kappa shape index (κ3) is 6.02. The van der Waals surface area contributed by atoms with Crippen LogP contribution in [0, 0.1) is 0 Å². The van der Waals surface area contributed by atoms with E-state index < -0.39 is 6.04 Å². The van der Waals surface area contributed by atoms with Crippen molar-refractivity contribution in [1.29, 1.82) is 0 Å². The molecule has 0 saturated carbocycles. The third-order valence-electron chi connectivity index (χ3n) is 4.09. The Morgan fingerprint density at radius 3 is 2.46 bits per heavy atom. The monoisotopic (exact) mass is 354 g/mol. The number of hydrogen-bond acceptors (Lipinski definition) is 3. The number of halogens is 1. The Kier molecular flexibility index (Phi) is 8.57. The van der Waals surface area contributed by atoms with E-state index in [1.165, 1.54) is 0 Å². The molecule has 1 unspecified atom stereocenters. The number of carbonyl (C=O) groups excluding carboxylic acids is 2. The zero-order valence-electron chi connectivity index (χ0n) is 14.0. The van der Waals surface area contributed by atoms with Gasteiger partial charge in [-0.3, -0.25) is 4.79 Å². The highest BCUT2D eigenvalue weighted by molar-refractivity contribution is 5.89. The highest BCUT2D eigenvalue weighted by Crippen LogP contribution is 2.13. The van der Waals surface area contributed by atoms with E-state index in [0.29, 0.717) is 19.5 Å². The number of anilines is 1. The zero-order valence-corrected chi connectivity index (χ0v) is 14.8. The van der Waals surface area contributed by atoms with Crippen molar-refractivity contribution in [2.75, 3.05) is 18.4 Å². The van der Waals surface area contributed by atoms with E-state index in [9.17, 15) is 9.59 Å². The molecule has 1 aromatic rings. The minimum Gasteiger partial charge on any atom is -0.352 e. The van der Waals surface area contributed by atoms with Gasteiger partial charge in [0.1, 0.15) is 0 Å². The number of para-hydroxylation sites is 1. The number of rotatable bonds is 5. The van der Waals surface area contributed by atoms with Gasteiger partial charge in [0.2, 0.25) is 5.91 Å². The molecule has 3 amide bonds. The van der Waals surface area contributed by atoms with Crippen molar-refractivity contribution in [2.24, 2.45) is 5.73 Å². The van der Waals surface area contributed by atoms with Crippen LogP contribution >= 0.6 is 12.4 Å². The lowest BCUT2D eigenvalue weighted by Crippen LogP contribution is -2.51. The number of nitrogens with zero attached hydrogens (tertiary/aromatic N) is 1.